The van der Waals surface area contributed by atoms with Crippen LogP contribution in [0.5, 0.6) is 0 Å². The van der Waals surface area contributed by atoms with Gasteiger partial charge in [-0.05, 0) is 12.8 Å². The van der Waals surface area contributed by atoms with Crippen molar-refractivity contribution >= 4 is 23.8 Å². The Bertz CT molecular complexity index is 843. The van der Waals surface area contributed by atoms with Crippen LogP contribution in [-0.2, 0) is 38.1 Å². The topological polar surface area (TPSA) is 108 Å². The van der Waals surface area contributed by atoms with E-state index in [2.05, 4.69) is 13.8 Å². The maximum atomic E-state index is 12.6. The molecule has 0 saturated carbocycles. The number of ether oxygens (including phenoxy) is 4. The lowest BCUT2D eigenvalue weighted by atomic mass is 10.1. The molecular formula is C39H69NO8. The Hall–Kier alpha value is -2.26. The zero-order valence-corrected chi connectivity index (χ0v) is 30.7. The fourth-order valence-corrected chi connectivity index (χ4v) is 5.73. The second-order valence-electron chi connectivity index (χ2n) is 13.2. The van der Waals surface area contributed by atoms with Crippen LogP contribution in [-0.4, -0.2) is 74.3 Å². The maximum Gasteiger partial charge on any atom is 0.306 e. The summed E-state index contributed by atoms with van der Waals surface area (Å²) in [5, 5.41) is 0. The van der Waals surface area contributed by atoms with E-state index in [9.17, 15) is 19.2 Å². The third-order valence-corrected chi connectivity index (χ3v) is 8.73. The van der Waals surface area contributed by atoms with E-state index in [1.807, 2.05) is 0 Å². The first-order valence-corrected chi connectivity index (χ1v) is 19.5. The molecule has 0 aromatic heterocycles. The molecule has 1 atom stereocenters. The quantitative estimate of drug-likeness (QED) is 0.0372. The fraction of sp³-hybridized carbons (Fsp3) is 0.846. The minimum atomic E-state index is -0.683. The number of rotatable bonds is 35. The van der Waals surface area contributed by atoms with Gasteiger partial charge in [-0.3, -0.25) is 24.1 Å². The summed E-state index contributed by atoms with van der Waals surface area (Å²) in [7, 11) is 0. The average Bonchev–Trinajstić information content (AvgIpc) is 3.40. The Kier molecular flexibility index (Phi) is 29.2. The standard InChI is InChI=1S/C39H69NO8/c1-3-5-7-9-11-13-15-17-19-21-23-25-38(43)47-34-35(33-46-32-31-45-30-29-40-36(41)27-28-37(40)42)48-39(44)26-24-22-20-18-16-14-12-10-8-6-4-2/h27-28,35H,3-26,29-34H2,1-2H3. The van der Waals surface area contributed by atoms with Crippen molar-refractivity contribution in [2.75, 3.05) is 39.6 Å². The number of carbonyl (C=O) groups excluding carboxylic acids is 4. The molecule has 9 heteroatoms. The van der Waals surface area contributed by atoms with Gasteiger partial charge >= 0.3 is 11.9 Å². The lowest BCUT2D eigenvalue weighted by Crippen LogP contribution is -2.33. The number of nitrogens with zero attached hydrogens (tertiary/aromatic N) is 1. The number of esters is 2. The van der Waals surface area contributed by atoms with Gasteiger partial charge in [0.1, 0.15) is 6.61 Å². The molecule has 1 rings (SSSR count). The van der Waals surface area contributed by atoms with Crippen molar-refractivity contribution < 1.29 is 38.1 Å². The lowest BCUT2D eigenvalue weighted by Gasteiger charge is -2.18. The summed E-state index contributed by atoms with van der Waals surface area (Å²) in [6.45, 7) is 5.41. The second kappa shape index (κ2) is 32.0. The number of amides is 2. The third-order valence-electron chi connectivity index (χ3n) is 8.73. The van der Waals surface area contributed by atoms with Crippen molar-refractivity contribution in [2.24, 2.45) is 0 Å². The number of unbranched alkanes of at least 4 members (excludes halogenated alkanes) is 20. The molecule has 0 N–H and O–H groups in total. The van der Waals surface area contributed by atoms with Crippen molar-refractivity contribution in [1.29, 1.82) is 0 Å². The Labute approximate surface area is 292 Å². The molecule has 2 amide bonds. The van der Waals surface area contributed by atoms with E-state index in [1.54, 1.807) is 0 Å². The third kappa shape index (κ3) is 25.7. The Balaban J connectivity index is 2.25. The van der Waals surface area contributed by atoms with Crippen LogP contribution >= 0.6 is 0 Å². The molecule has 0 aromatic rings. The molecule has 278 valence electrons. The summed E-state index contributed by atoms with van der Waals surface area (Å²) >= 11 is 0. The van der Waals surface area contributed by atoms with Gasteiger partial charge in [-0.25, -0.2) is 0 Å². The van der Waals surface area contributed by atoms with Crippen molar-refractivity contribution in [3.05, 3.63) is 12.2 Å². The first-order valence-electron chi connectivity index (χ1n) is 19.5. The first-order chi connectivity index (χ1) is 23.5. The molecule has 1 aliphatic heterocycles. The normalized spacial score (nSPS) is 13.4. The molecule has 1 unspecified atom stereocenters. The monoisotopic (exact) mass is 680 g/mol. The van der Waals surface area contributed by atoms with Crippen LogP contribution in [0.1, 0.15) is 168 Å². The van der Waals surface area contributed by atoms with Crippen LogP contribution in [0.4, 0.5) is 0 Å². The van der Waals surface area contributed by atoms with Crippen LogP contribution in [0.3, 0.4) is 0 Å². The van der Waals surface area contributed by atoms with Gasteiger partial charge < -0.3 is 18.9 Å². The van der Waals surface area contributed by atoms with E-state index in [1.165, 1.54) is 115 Å². The van der Waals surface area contributed by atoms with Crippen molar-refractivity contribution in [1.82, 2.24) is 4.90 Å². The summed E-state index contributed by atoms with van der Waals surface area (Å²) in [6.07, 6.45) is 29.2. The predicted octanol–water partition coefficient (Wildman–Crippen LogP) is 8.80. The lowest BCUT2D eigenvalue weighted by molar-refractivity contribution is -0.163. The molecule has 0 aromatic carbocycles. The number of hydrogen-bond acceptors (Lipinski definition) is 8. The van der Waals surface area contributed by atoms with Gasteiger partial charge in [-0.1, -0.05) is 142 Å². The van der Waals surface area contributed by atoms with Crippen LogP contribution in [0.2, 0.25) is 0 Å². The molecule has 0 fully saturated rings. The zero-order valence-electron chi connectivity index (χ0n) is 30.7. The summed E-state index contributed by atoms with van der Waals surface area (Å²) in [4.78, 5) is 49.3. The SMILES string of the molecule is CCCCCCCCCCCCCC(=O)OCC(COCCOCCN1C(=O)C=CC1=O)OC(=O)CCCCCCCCCCCCC. The zero-order chi connectivity index (χ0) is 34.9. The van der Waals surface area contributed by atoms with Crippen molar-refractivity contribution in [3.8, 4) is 0 Å². The highest BCUT2D eigenvalue weighted by Gasteiger charge is 2.22. The minimum absolute atomic E-state index is 0.0338. The van der Waals surface area contributed by atoms with Crippen LogP contribution < -0.4 is 0 Å². The molecule has 0 saturated heterocycles. The fourth-order valence-electron chi connectivity index (χ4n) is 5.73. The van der Waals surface area contributed by atoms with Crippen LogP contribution in [0.15, 0.2) is 12.2 Å². The summed E-state index contributed by atoms with van der Waals surface area (Å²) < 4.78 is 22.3. The van der Waals surface area contributed by atoms with Gasteiger partial charge in [0, 0.05) is 25.0 Å². The molecule has 0 spiro atoms. The van der Waals surface area contributed by atoms with Crippen molar-refractivity contribution in [3.63, 3.8) is 0 Å². The smallest absolute Gasteiger partial charge is 0.306 e. The number of carbonyl (C=O) groups is 4. The molecule has 0 aliphatic carbocycles. The summed E-state index contributed by atoms with van der Waals surface area (Å²) in [6, 6.07) is 0. The second-order valence-corrected chi connectivity index (χ2v) is 13.2. The number of hydrogen-bond donors (Lipinski definition) is 0. The summed E-state index contributed by atoms with van der Waals surface area (Å²) in [5.41, 5.74) is 0. The van der Waals surface area contributed by atoms with Gasteiger partial charge in [0.25, 0.3) is 11.8 Å². The highest BCUT2D eigenvalue weighted by atomic mass is 16.6. The van der Waals surface area contributed by atoms with Crippen LogP contribution in [0.25, 0.3) is 0 Å². The molecule has 0 bridgehead atoms. The molecule has 1 aliphatic rings. The Morgan fingerprint density at radius 3 is 1.44 bits per heavy atom. The molecule has 0 radical (unpaired) electrons. The van der Waals surface area contributed by atoms with E-state index in [0.717, 1.165) is 43.4 Å². The van der Waals surface area contributed by atoms with Gasteiger partial charge in [-0.2, -0.15) is 0 Å². The Morgan fingerprint density at radius 1 is 0.542 bits per heavy atom. The van der Waals surface area contributed by atoms with Gasteiger partial charge in [-0.15, -0.1) is 0 Å². The number of imide groups is 1. The van der Waals surface area contributed by atoms with Crippen molar-refractivity contribution in [2.45, 2.75) is 174 Å². The van der Waals surface area contributed by atoms with E-state index in [-0.39, 0.29) is 63.3 Å². The Morgan fingerprint density at radius 2 is 0.958 bits per heavy atom. The molecule has 48 heavy (non-hydrogen) atoms. The average molecular weight is 680 g/mol. The van der Waals surface area contributed by atoms with E-state index in [0.29, 0.717) is 12.8 Å². The maximum absolute atomic E-state index is 12.6. The van der Waals surface area contributed by atoms with Gasteiger partial charge in [0.2, 0.25) is 0 Å². The minimum Gasteiger partial charge on any atom is -0.462 e. The molecule has 1 heterocycles. The molecular weight excluding hydrogens is 610 g/mol. The first kappa shape index (κ1) is 43.8. The summed E-state index contributed by atoms with van der Waals surface area (Å²) in [5.74, 6) is -1.25. The van der Waals surface area contributed by atoms with Gasteiger partial charge in [0.05, 0.1) is 33.0 Å². The highest BCUT2D eigenvalue weighted by molar-refractivity contribution is 6.12. The van der Waals surface area contributed by atoms with E-state index < -0.39 is 6.10 Å². The molecule has 9 nitrogen and oxygen atoms in total. The van der Waals surface area contributed by atoms with Crippen LogP contribution in [0, 0.1) is 0 Å². The largest absolute Gasteiger partial charge is 0.462 e. The van der Waals surface area contributed by atoms with E-state index >= 15 is 0 Å². The highest BCUT2D eigenvalue weighted by Crippen LogP contribution is 2.14. The van der Waals surface area contributed by atoms with E-state index in [4.69, 9.17) is 18.9 Å². The van der Waals surface area contributed by atoms with Gasteiger partial charge in [0.15, 0.2) is 6.10 Å². The predicted molar refractivity (Wildman–Crippen MR) is 190 cm³/mol.